The monoisotopic (exact) mass is 364 g/mol. The molecule has 20 heavy (non-hydrogen) atoms. The van der Waals surface area contributed by atoms with Gasteiger partial charge in [-0.05, 0) is 45.8 Å². The molecule has 1 nitrogen and oxygen atoms in total. The van der Waals surface area contributed by atoms with Crippen LogP contribution in [0.4, 0.5) is 13.2 Å². The fourth-order valence-corrected chi connectivity index (χ4v) is 2.28. The highest BCUT2D eigenvalue weighted by Crippen LogP contribution is 2.30. The van der Waals surface area contributed by atoms with Crippen LogP contribution in [0, 0.1) is 17.5 Å². The van der Waals surface area contributed by atoms with Crippen LogP contribution in [0.3, 0.4) is 0 Å². The van der Waals surface area contributed by atoms with Gasteiger partial charge in [0, 0.05) is 16.5 Å². The molecule has 0 aromatic heterocycles. The third-order valence-corrected chi connectivity index (χ3v) is 4.01. The molecule has 2 rings (SSSR count). The van der Waals surface area contributed by atoms with Crippen LogP contribution in [-0.2, 0) is 6.42 Å². The van der Waals surface area contributed by atoms with Gasteiger partial charge in [-0.15, -0.1) is 0 Å². The second-order valence-corrected chi connectivity index (χ2v) is 5.52. The van der Waals surface area contributed by atoms with Crippen LogP contribution in [0.1, 0.15) is 17.2 Å². The van der Waals surface area contributed by atoms with Gasteiger partial charge in [0.15, 0.2) is 11.6 Å². The van der Waals surface area contributed by atoms with Crippen LogP contribution in [0.25, 0.3) is 0 Å². The van der Waals surface area contributed by atoms with Gasteiger partial charge >= 0.3 is 0 Å². The van der Waals surface area contributed by atoms with E-state index in [1.165, 1.54) is 12.1 Å². The van der Waals surface area contributed by atoms with Gasteiger partial charge in [-0.3, -0.25) is 0 Å². The molecule has 2 aromatic rings. The van der Waals surface area contributed by atoms with E-state index in [1.54, 1.807) is 0 Å². The van der Waals surface area contributed by atoms with E-state index in [0.29, 0.717) is 10.0 Å². The van der Waals surface area contributed by atoms with Gasteiger partial charge < -0.3 is 5.11 Å². The Morgan fingerprint density at radius 1 is 1.05 bits per heavy atom. The predicted molar refractivity (Wildman–Crippen MR) is 74.1 cm³/mol. The van der Waals surface area contributed by atoms with Crippen molar-refractivity contribution in [2.45, 2.75) is 12.5 Å². The van der Waals surface area contributed by atoms with Crippen LogP contribution >= 0.6 is 27.5 Å². The van der Waals surface area contributed by atoms with Crippen molar-refractivity contribution < 1.29 is 18.3 Å². The fraction of sp³-hybridized carbons (Fsp3) is 0.143. The number of hydrogen-bond donors (Lipinski definition) is 1. The molecule has 2 aromatic carbocycles. The Labute approximate surface area is 127 Å². The summed E-state index contributed by atoms with van der Waals surface area (Å²) in [6, 6.07) is 5.71. The van der Waals surface area contributed by atoms with E-state index in [9.17, 15) is 18.3 Å². The molecular weight excluding hydrogens is 357 g/mol. The summed E-state index contributed by atoms with van der Waals surface area (Å²) in [6.07, 6.45) is -1.25. The summed E-state index contributed by atoms with van der Waals surface area (Å²) in [6.45, 7) is 0. The van der Waals surface area contributed by atoms with Crippen LogP contribution < -0.4 is 0 Å². The van der Waals surface area contributed by atoms with Gasteiger partial charge in [0.05, 0.1) is 11.1 Å². The van der Waals surface area contributed by atoms with Crippen molar-refractivity contribution >= 4 is 27.5 Å². The topological polar surface area (TPSA) is 20.2 Å². The lowest BCUT2D eigenvalue weighted by Crippen LogP contribution is -2.05. The first kappa shape index (κ1) is 15.4. The summed E-state index contributed by atoms with van der Waals surface area (Å²) in [5.41, 5.74) is 0.359. The van der Waals surface area contributed by atoms with Crippen molar-refractivity contribution in [2.75, 3.05) is 0 Å². The SMILES string of the molecule is OC(Cc1ccc(F)c(F)c1)c1cc(Cl)c(Br)cc1F. The van der Waals surface area contributed by atoms with Gasteiger partial charge in [-0.1, -0.05) is 17.7 Å². The zero-order valence-electron chi connectivity index (χ0n) is 10.0. The third-order valence-electron chi connectivity index (χ3n) is 2.81. The van der Waals surface area contributed by atoms with Crippen LogP contribution in [-0.4, -0.2) is 5.11 Å². The maximum Gasteiger partial charge on any atom is 0.159 e. The second kappa shape index (κ2) is 6.16. The highest BCUT2D eigenvalue weighted by molar-refractivity contribution is 9.10. The molecule has 0 bridgehead atoms. The van der Waals surface area contributed by atoms with Crippen molar-refractivity contribution in [3.05, 3.63) is 68.4 Å². The van der Waals surface area contributed by atoms with E-state index in [4.69, 9.17) is 11.6 Å². The number of aliphatic hydroxyl groups is 1. The van der Waals surface area contributed by atoms with E-state index in [-0.39, 0.29) is 17.0 Å². The van der Waals surface area contributed by atoms with Crippen LogP contribution in [0.2, 0.25) is 5.02 Å². The molecule has 0 fully saturated rings. The minimum Gasteiger partial charge on any atom is -0.388 e. The summed E-state index contributed by atoms with van der Waals surface area (Å²) < 4.78 is 40.0. The quantitative estimate of drug-likeness (QED) is 0.775. The molecule has 1 unspecified atom stereocenters. The first-order valence-electron chi connectivity index (χ1n) is 5.65. The number of halogens is 5. The number of benzene rings is 2. The molecule has 106 valence electrons. The van der Waals surface area contributed by atoms with E-state index in [1.807, 2.05) is 0 Å². The maximum atomic E-state index is 13.7. The molecule has 0 amide bonds. The normalized spacial score (nSPS) is 12.5. The molecule has 0 aliphatic heterocycles. The van der Waals surface area contributed by atoms with Gasteiger partial charge in [-0.2, -0.15) is 0 Å². The van der Waals surface area contributed by atoms with Crippen molar-refractivity contribution in [1.29, 1.82) is 0 Å². The van der Waals surface area contributed by atoms with Crippen LogP contribution in [0.15, 0.2) is 34.8 Å². The average molecular weight is 366 g/mol. The fourth-order valence-electron chi connectivity index (χ4n) is 1.79. The zero-order valence-corrected chi connectivity index (χ0v) is 12.4. The van der Waals surface area contributed by atoms with Crippen molar-refractivity contribution in [3.8, 4) is 0 Å². The smallest absolute Gasteiger partial charge is 0.159 e. The Morgan fingerprint density at radius 2 is 1.75 bits per heavy atom. The Morgan fingerprint density at radius 3 is 2.40 bits per heavy atom. The molecule has 0 aliphatic carbocycles. The third kappa shape index (κ3) is 3.34. The Hall–Kier alpha value is -1.04. The minimum atomic E-state index is -1.20. The second-order valence-electron chi connectivity index (χ2n) is 4.26. The van der Waals surface area contributed by atoms with Crippen molar-refractivity contribution in [3.63, 3.8) is 0 Å². The molecule has 0 saturated carbocycles. The lowest BCUT2D eigenvalue weighted by atomic mass is 10.0. The van der Waals surface area contributed by atoms with E-state index >= 15 is 0 Å². The molecule has 0 aliphatic rings. The number of rotatable bonds is 3. The standard InChI is InChI=1S/C14H9BrClF3O/c15-9-6-12(18)8(5-10(9)16)14(20)4-7-1-2-11(17)13(19)3-7/h1-3,5-6,14,20H,4H2. The predicted octanol–water partition coefficient (Wildman–Crippen LogP) is 4.80. The van der Waals surface area contributed by atoms with Gasteiger partial charge in [0.1, 0.15) is 5.82 Å². The molecule has 1 atom stereocenters. The van der Waals surface area contributed by atoms with Crippen molar-refractivity contribution in [1.82, 2.24) is 0 Å². The number of hydrogen-bond acceptors (Lipinski definition) is 1. The largest absolute Gasteiger partial charge is 0.388 e. The van der Waals surface area contributed by atoms with E-state index in [2.05, 4.69) is 15.9 Å². The summed E-state index contributed by atoms with van der Waals surface area (Å²) >= 11 is 8.91. The van der Waals surface area contributed by atoms with E-state index < -0.39 is 23.6 Å². The highest BCUT2D eigenvalue weighted by atomic mass is 79.9. The first-order chi connectivity index (χ1) is 9.38. The lowest BCUT2D eigenvalue weighted by molar-refractivity contribution is 0.173. The zero-order chi connectivity index (χ0) is 14.9. The molecule has 0 radical (unpaired) electrons. The molecule has 1 N–H and O–H groups in total. The first-order valence-corrected chi connectivity index (χ1v) is 6.82. The molecule has 6 heteroatoms. The van der Waals surface area contributed by atoms with Gasteiger partial charge in [-0.25, -0.2) is 13.2 Å². The summed E-state index contributed by atoms with van der Waals surface area (Å²) in [4.78, 5) is 0. The van der Waals surface area contributed by atoms with Gasteiger partial charge in [0.2, 0.25) is 0 Å². The minimum absolute atomic E-state index is 0.00272. The maximum absolute atomic E-state index is 13.7. The van der Waals surface area contributed by atoms with Crippen LogP contribution in [0.5, 0.6) is 0 Å². The summed E-state index contributed by atoms with van der Waals surface area (Å²) in [5.74, 6) is -2.61. The highest BCUT2D eigenvalue weighted by Gasteiger charge is 2.16. The summed E-state index contributed by atoms with van der Waals surface area (Å²) in [5, 5.41) is 10.3. The Bertz CT molecular complexity index is 649. The molecule has 0 heterocycles. The van der Waals surface area contributed by atoms with E-state index in [0.717, 1.165) is 18.2 Å². The molecule has 0 spiro atoms. The van der Waals surface area contributed by atoms with Crippen molar-refractivity contribution in [2.24, 2.45) is 0 Å². The Kier molecular flexibility index (Phi) is 4.73. The summed E-state index contributed by atoms with van der Waals surface area (Å²) in [7, 11) is 0. The molecule has 0 saturated heterocycles. The molecular formula is C14H9BrClF3O. The lowest BCUT2D eigenvalue weighted by Gasteiger charge is -2.13. The van der Waals surface area contributed by atoms with Gasteiger partial charge in [0.25, 0.3) is 0 Å². The number of aliphatic hydroxyl groups excluding tert-OH is 1. The average Bonchev–Trinajstić information content (AvgIpc) is 2.38. The Balaban J connectivity index is 2.25.